The Bertz CT molecular complexity index is 1170. The van der Waals surface area contributed by atoms with Crippen LogP contribution in [0, 0.1) is 0 Å². The van der Waals surface area contributed by atoms with Crippen LogP contribution < -0.4 is 21.3 Å². The lowest BCUT2D eigenvalue weighted by Crippen LogP contribution is -2.46. The lowest BCUT2D eigenvalue weighted by Gasteiger charge is -2.28. The molecule has 2 heterocycles. The number of anilines is 1. The van der Waals surface area contributed by atoms with Gasteiger partial charge in [0.1, 0.15) is 5.84 Å². The Balaban J connectivity index is 1.51. The SMILES string of the molecule is C=C(/C(N)=N\C(F)=C(/C)c1ccc(N2CCOCC2)cc1)c1ccc2c(c1)CC(CNC)NC2=O. The fraction of sp³-hybridized carbons (Fsp3) is 0.333. The molecule has 0 bridgehead atoms. The average molecular weight is 478 g/mol. The second-order valence-electron chi connectivity index (χ2n) is 8.84. The van der Waals surface area contributed by atoms with Crippen molar-refractivity contribution in [3.05, 3.63) is 77.2 Å². The molecule has 1 unspecified atom stereocenters. The minimum atomic E-state index is -0.658. The highest BCUT2D eigenvalue weighted by atomic mass is 19.1. The fourth-order valence-electron chi connectivity index (χ4n) is 4.39. The van der Waals surface area contributed by atoms with Crippen LogP contribution in [0.5, 0.6) is 0 Å². The number of hydrogen-bond donors (Lipinski definition) is 3. The molecule has 8 heteroatoms. The van der Waals surface area contributed by atoms with E-state index in [-0.39, 0.29) is 17.8 Å². The van der Waals surface area contributed by atoms with E-state index in [2.05, 4.69) is 27.1 Å². The van der Waals surface area contributed by atoms with Gasteiger partial charge in [0, 0.05) is 48.1 Å². The first-order valence-corrected chi connectivity index (χ1v) is 11.8. The van der Waals surface area contributed by atoms with Gasteiger partial charge in [0.15, 0.2) is 0 Å². The lowest BCUT2D eigenvalue weighted by atomic mass is 9.91. The van der Waals surface area contributed by atoms with E-state index in [0.29, 0.717) is 48.5 Å². The molecule has 184 valence electrons. The van der Waals surface area contributed by atoms with Crippen LogP contribution in [0.1, 0.15) is 34.0 Å². The first-order chi connectivity index (χ1) is 16.9. The Morgan fingerprint density at radius 2 is 1.91 bits per heavy atom. The minimum Gasteiger partial charge on any atom is -0.383 e. The molecule has 4 rings (SSSR count). The highest BCUT2D eigenvalue weighted by molar-refractivity contribution is 6.21. The summed E-state index contributed by atoms with van der Waals surface area (Å²) in [6.07, 6.45) is 0.688. The molecule has 2 aliphatic rings. The quantitative estimate of drug-likeness (QED) is 0.324. The molecule has 2 aromatic rings. The number of nitrogens with two attached hydrogens (primary N) is 1. The van der Waals surface area contributed by atoms with Gasteiger partial charge in [-0.3, -0.25) is 4.79 Å². The third-order valence-corrected chi connectivity index (χ3v) is 6.46. The number of fused-ring (bicyclic) bond motifs is 1. The van der Waals surface area contributed by atoms with Crippen LogP contribution in [-0.4, -0.2) is 57.7 Å². The molecule has 35 heavy (non-hydrogen) atoms. The van der Waals surface area contributed by atoms with E-state index in [4.69, 9.17) is 10.5 Å². The molecule has 0 aromatic heterocycles. The largest absolute Gasteiger partial charge is 0.383 e. The normalized spacial score (nSPS) is 19.1. The average Bonchev–Trinajstić information content (AvgIpc) is 2.88. The molecule has 0 radical (unpaired) electrons. The van der Waals surface area contributed by atoms with Crippen molar-refractivity contribution in [2.45, 2.75) is 19.4 Å². The number of morpholine rings is 1. The zero-order valence-corrected chi connectivity index (χ0v) is 20.2. The van der Waals surface area contributed by atoms with Crippen LogP contribution in [0.2, 0.25) is 0 Å². The first-order valence-electron chi connectivity index (χ1n) is 11.8. The lowest BCUT2D eigenvalue weighted by molar-refractivity contribution is 0.0925. The fourth-order valence-corrected chi connectivity index (χ4v) is 4.39. The number of carbonyl (C=O) groups is 1. The monoisotopic (exact) mass is 477 g/mol. The summed E-state index contributed by atoms with van der Waals surface area (Å²) < 4.78 is 20.4. The van der Waals surface area contributed by atoms with Gasteiger partial charge < -0.3 is 26.0 Å². The summed E-state index contributed by atoms with van der Waals surface area (Å²) in [6, 6.07) is 13.1. The number of carbonyl (C=O) groups excluding carboxylic acids is 1. The molecule has 7 nitrogen and oxygen atoms in total. The topological polar surface area (TPSA) is 92.0 Å². The summed E-state index contributed by atoms with van der Waals surface area (Å²) in [4.78, 5) is 18.6. The van der Waals surface area contributed by atoms with Crippen molar-refractivity contribution >= 4 is 28.6 Å². The van der Waals surface area contributed by atoms with Gasteiger partial charge in [-0.2, -0.15) is 4.39 Å². The van der Waals surface area contributed by atoms with Crippen LogP contribution in [0.15, 0.2) is 60.0 Å². The molecule has 2 aliphatic heterocycles. The van der Waals surface area contributed by atoms with E-state index in [1.54, 1.807) is 19.1 Å². The van der Waals surface area contributed by atoms with Crippen molar-refractivity contribution in [3.8, 4) is 0 Å². The minimum absolute atomic E-state index is 0.00114. The highest BCUT2D eigenvalue weighted by Crippen LogP contribution is 2.26. The van der Waals surface area contributed by atoms with E-state index >= 15 is 4.39 Å². The summed E-state index contributed by atoms with van der Waals surface area (Å²) in [7, 11) is 1.85. The Morgan fingerprint density at radius 3 is 2.60 bits per heavy atom. The summed E-state index contributed by atoms with van der Waals surface area (Å²) in [5.41, 5.74) is 11.0. The van der Waals surface area contributed by atoms with E-state index in [1.165, 1.54) is 0 Å². The van der Waals surface area contributed by atoms with Crippen molar-refractivity contribution in [1.82, 2.24) is 10.6 Å². The zero-order chi connectivity index (χ0) is 24.9. The van der Waals surface area contributed by atoms with Crippen molar-refractivity contribution in [3.63, 3.8) is 0 Å². The molecule has 1 saturated heterocycles. The maximum Gasteiger partial charge on any atom is 0.251 e. The Hall–Kier alpha value is -3.49. The molecule has 4 N–H and O–H groups in total. The van der Waals surface area contributed by atoms with Gasteiger partial charge in [0.2, 0.25) is 5.95 Å². The van der Waals surface area contributed by atoms with Gasteiger partial charge in [-0.15, -0.1) is 0 Å². The number of nitrogens with one attached hydrogen (secondary N) is 2. The molecule has 0 spiro atoms. The van der Waals surface area contributed by atoms with Crippen LogP contribution >= 0.6 is 0 Å². The van der Waals surface area contributed by atoms with Crippen molar-refractivity contribution in [2.75, 3.05) is 44.8 Å². The molecular weight excluding hydrogens is 445 g/mol. The number of aliphatic imine (C=N–C) groups is 1. The summed E-state index contributed by atoms with van der Waals surface area (Å²) in [6.45, 7) is 9.47. The van der Waals surface area contributed by atoms with Crippen molar-refractivity contribution in [1.29, 1.82) is 0 Å². The molecule has 0 aliphatic carbocycles. The standard InChI is InChI=1S/C27H32FN5O2/c1-17(19-4-7-23(8-5-19)33-10-12-35-13-11-33)25(28)32-26(29)18(2)20-6-9-24-21(14-20)15-22(16-30-3)31-27(24)34/h4-9,14,22,30H,2,10-13,15-16H2,1,3H3,(H2,29,32)(H,31,34)/b25-17+. The molecule has 1 amide bonds. The Labute approximate surface area is 205 Å². The van der Waals surface area contributed by atoms with Gasteiger partial charge in [0.05, 0.1) is 13.2 Å². The number of allylic oxidation sites excluding steroid dienone is 1. The molecule has 1 atom stereocenters. The number of amides is 1. The van der Waals surface area contributed by atoms with Crippen molar-refractivity contribution < 1.29 is 13.9 Å². The number of hydrogen-bond acceptors (Lipinski definition) is 5. The Kier molecular flexibility index (Phi) is 7.63. The zero-order valence-electron chi connectivity index (χ0n) is 20.2. The smallest absolute Gasteiger partial charge is 0.251 e. The predicted molar refractivity (Wildman–Crippen MR) is 139 cm³/mol. The maximum atomic E-state index is 15.0. The van der Waals surface area contributed by atoms with Crippen molar-refractivity contribution in [2.24, 2.45) is 10.7 Å². The van der Waals surface area contributed by atoms with Crippen LogP contribution in [0.4, 0.5) is 10.1 Å². The van der Waals surface area contributed by atoms with Crippen LogP contribution in [-0.2, 0) is 11.2 Å². The van der Waals surface area contributed by atoms with Crippen LogP contribution in [0.25, 0.3) is 11.1 Å². The van der Waals surface area contributed by atoms with E-state index in [1.807, 2.05) is 37.4 Å². The third kappa shape index (κ3) is 5.61. The van der Waals surface area contributed by atoms with Gasteiger partial charge >= 0.3 is 0 Å². The second kappa shape index (κ2) is 10.8. The van der Waals surface area contributed by atoms with Crippen LogP contribution in [0.3, 0.4) is 0 Å². The molecule has 1 fully saturated rings. The third-order valence-electron chi connectivity index (χ3n) is 6.46. The highest BCUT2D eigenvalue weighted by Gasteiger charge is 2.24. The summed E-state index contributed by atoms with van der Waals surface area (Å²) in [5.74, 6) is -0.762. The Morgan fingerprint density at radius 1 is 1.23 bits per heavy atom. The number of benzene rings is 2. The summed E-state index contributed by atoms with van der Waals surface area (Å²) in [5, 5.41) is 6.07. The number of likely N-dealkylation sites (N-methyl/N-ethyl adjacent to an activating group) is 1. The predicted octanol–water partition coefficient (Wildman–Crippen LogP) is 3.13. The van der Waals surface area contributed by atoms with E-state index < -0.39 is 5.95 Å². The van der Waals surface area contributed by atoms with Gasteiger partial charge in [0.25, 0.3) is 5.91 Å². The number of amidine groups is 1. The number of nitrogens with zero attached hydrogens (tertiary/aromatic N) is 2. The number of rotatable bonds is 7. The summed E-state index contributed by atoms with van der Waals surface area (Å²) >= 11 is 0. The second-order valence-corrected chi connectivity index (χ2v) is 8.84. The number of halogens is 1. The number of ether oxygens (including phenoxy) is 1. The van der Waals surface area contributed by atoms with E-state index in [0.717, 1.165) is 29.9 Å². The van der Waals surface area contributed by atoms with Gasteiger partial charge in [-0.05, 0) is 55.3 Å². The molecule has 2 aromatic carbocycles. The molecule has 0 saturated carbocycles. The van der Waals surface area contributed by atoms with Gasteiger partial charge in [-0.25, -0.2) is 4.99 Å². The van der Waals surface area contributed by atoms with Gasteiger partial charge in [-0.1, -0.05) is 30.8 Å². The van der Waals surface area contributed by atoms with E-state index in [9.17, 15) is 4.79 Å². The first kappa shape index (κ1) is 24.6. The molecular formula is C27H32FN5O2. The maximum absolute atomic E-state index is 15.0.